The normalized spacial score (nSPS) is 18.7. The van der Waals surface area contributed by atoms with Crippen LogP contribution in [0.1, 0.15) is 66.0 Å². The summed E-state index contributed by atoms with van der Waals surface area (Å²) in [6.45, 7) is 2.50. The third-order valence-corrected chi connectivity index (χ3v) is 10.4. The minimum absolute atomic E-state index is 0.0291. The van der Waals surface area contributed by atoms with Crippen LogP contribution in [0.3, 0.4) is 0 Å². The number of halogens is 4. The third-order valence-electron chi connectivity index (χ3n) is 10.1. The number of hydrogen-bond acceptors (Lipinski definition) is 10. The molecule has 2 atom stereocenters. The van der Waals surface area contributed by atoms with Crippen molar-refractivity contribution in [3.05, 3.63) is 81.5 Å². The van der Waals surface area contributed by atoms with Crippen molar-refractivity contribution in [2.45, 2.75) is 76.0 Å². The smallest absolute Gasteiger partial charge is 0.421 e. The largest absolute Gasteiger partial charge is 0.481 e. The molecule has 1 aromatic carbocycles. The molecule has 11 nitrogen and oxygen atoms in total. The van der Waals surface area contributed by atoms with Crippen molar-refractivity contribution in [1.82, 2.24) is 30.9 Å². The molecule has 5 heterocycles. The molecule has 3 aromatic heterocycles. The van der Waals surface area contributed by atoms with Crippen LogP contribution in [0.5, 0.6) is 17.6 Å². The van der Waals surface area contributed by atoms with Gasteiger partial charge in [0.05, 0.1) is 30.6 Å². The van der Waals surface area contributed by atoms with Gasteiger partial charge in [0.2, 0.25) is 23.5 Å². The Morgan fingerprint density at radius 2 is 1.72 bits per heavy atom. The number of amides is 1. The molecule has 0 spiro atoms. The van der Waals surface area contributed by atoms with Gasteiger partial charge in [-0.15, -0.1) is 0 Å². The highest BCUT2D eigenvalue weighted by atomic mass is 35.5. The molecular formula is C39H42ClF3N6O5. The highest BCUT2D eigenvalue weighted by Gasteiger charge is 2.39. The van der Waals surface area contributed by atoms with Crippen LogP contribution in [-0.4, -0.2) is 66.9 Å². The lowest BCUT2D eigenvalue weighted by atomic mass is 9.98. The second-order valence-electron chi connectivity index (χ2n) is 13.6. The van der Waals surface area contributed by atoms with Gasteiger partial charge >= 0.3 is 6.18 Å². The lowest BCUT2D eigenvalue weighted by Crippen LogP contribution is -2.35. The number of rotatable bonds is 13. The van der Waals surface area contributed by atoms with Gasteiger partial charge < -0.3 is 34.9 Å². The van der Waals surface area contributed by atoms with Gasteiger partial charge in [0.15, 0.2) is 0 Å². The first-order valence-corrected chi connectivity index (χ1v) is 18.4. The van der Waals surface area contributed by atoms with Crippen molar-refractivity contribution >= 4 is 17.5 Å². The van der Waals surface area contributed by atoms with Gasteiger partial charge in [0.25, 0.3) is 0 Å². The maximum atomic E-state index is 14.5. The molecule has 3 N–H and O–H groups in total. The van der Waals surface area contributed by atoms with Crippen molar-refractivity contribution in [3.8, 4) is 40.2 Å². The average molecular weight is 767 g/mol. The van der Waals surface area contributed by atoms with E-state index < -0.39 is 23.7 Å². The van der Waals surface area contributed by atoms with Gasteiger partial charge in [-0.3, -0.25) is 9.78 Å². The van der Waals surface area contributed by atoms with E-state index >= 15 is 0 Å². The number of carbonyl (C=O) groups excluding carboxylic acids is 1. The predicted octanol–water partition coefficient (Wildman–Crippen LogP) is 6.60. The fraction of sp³-hybridized carbons (Fsp3) is 0.436. The van der Waals surface area contributed by atoms with Gasteiger partial charge in [0.1, 0.15) is 11.7 Å². The molecule has 0 unspecified atom stereocenters. The zero-order chi connectivity index (χ0) is 37.8. The van der Waals surface area contributed by atoms with Gasteiger partial charge in [-0.25, -0.2) is 4.98 Å². The number of carbonyl (C=O) groups is 1. The summed E-state index contributed by atoms with van der Waals surface area (Å²) in [5.41, 5.74) is 4.57. The molecule has 1 aliphatic carbocycles. The van der Waals surface area contributed by atoms with Crippen molar-refractivity contribution in [3.63, 3.8) is 0 Å². The van der Waals surface area contributed by atoms with Gasteiger partial charge in [-0.05, 0) is 67.5 Å². The Kier molecular flexibility index (Phi) is 11.5. The van der Waals surface area contributed by atoms with E-state index in [0.29, 0.717) is 67.1 Å². The summed E-state index contributed by atoms with van der Waals surface area (Å²) < 4.78 is 66.0. The van der Waals surface area contributed by atoms with Crippen LogP contribution in [-0.2, 0) is 35.2 Å². The average Bonchev–Trinajstić information content (AvgIpc) is 3.79. The van der Waals surface area contributed by atoms with Crippen LogP contribution < -0.4 is 30.2 Å². The van der Waals surface area contributed by atoms with Gasteiger partial charge in [0, 0.05) is 79.8 Å². The molecule has 4 aromatic rings. The number of nitrogens with zero attached hydrogens (tertiary/aromatic N) is 3. The second-order valence-corrected chi connectivity index (χ2v) is 14.1. The molecule has 3 aliphatic rings. The Balaban J connectivity index is 1.11. The zero-order valence-corrected chi connectivity index (χ0v) is 30.8. The molecule has 286 valence electrons. The number of methoxy groups -OCH3 is 2. The van der Waals surface area contributed by atoms with E-state index in [1.54, 1.807) is 13.3 Å². The highest BCUT2D eigenvalue weighted by molar-refractivity contribution is 6.33. The minimum atomic E-state index is -4.73. The molecule has 54 heavy (non-hydrogen) atoms. The maximum Gasteiger partial charge on any atom is 0.421 e. The summed E-state index contributed by atoms with van der Waals surface area (Å²) in [7, 11) is 2.94. The molecular weight excluding hydrogens is 725 g/mol. The highest BCUT2D eigenvalue weighted by Crippen LogP contribution is 2.44. The van der Waals surface area contributed by atoms with E-state index in [4.69, 9.17) is 35.5 Å². The van der Waals surface area contributed by atoms with Crippen LogP contribution in [0.25, 0.3) is 22.5 Å². The first kappa shape index (κ1) is 37.8. The first-order valence-electron chi connectivity index (χ1n) is 18.1. The monoisotopic (exact) mass is 766 g/mol. The fourth-order valence-corrected chi connectivity index (χ4v) is 7.62. The Morgan fingerprint density at radius 1 is 0.944 bits per heavy atom. The summed E-state index contributed by atoms with van der Waals surface area (Å²) in [6, 6.07) is 12.5. The van der Waals surface area contributed by atoms with Crippen molar-refractivity contribution < 1.29 is 36.9 Å². The summed E-state index contributed by atoms with van der Waals surface area (Å²) in [6.07, 6.45) is 0.248. The molecule has 2 aliphatic heterocycles. The van der Waals surface area contributed by atoms with E-state index in [2.05, 4.69) is 25.9 Å². The number of alkyl halides is 3. The number of aromatic nitrogens is 3. The molecule has 0 radical (unpaired) electrons. The maximum absolute atomic E-state index is 14.5. The number of pyridine rings is 3. The Morgan fingerprint density at radius 3 is 2.46 bits per heavy atom. The SMILES string of the molecule is COc1nc(O[C@@H]2CCc3c(-c4cc(-c5nc(OC)c(CNC6CCOCC6)cc5Cl)ccn4)cccc32)c(C(F)(F)F)cc1CNC[C@@H]1CCC(=O)N1. The number of fused-ring (bicyclic) bond motifs is 1. The zero-order valence-electron chi connectivity index (χ0n) is 30.0. The molecule has 15 heteroatoms. The van der Waals surface area contributed by atoms with Crippen molar-refractivity contribution in [1.29, 1.82) is 0 Å². The van der Waals surface area contributed by atoms with E-state index in [1.165, 1.54) is 7.11 Å². The summed E-state index contributed by atoms with van der Waals surface area (Å²) in [4.78, 5) is 25.2. The minimum Gasteiger partial charge on any atom is -0.481 e. The third kappa shape index (κ3) is 8.41. The molecule has 2 fully saturated rings. The van der Waals surface area contributed by atoms with Crippen LogP contribution in [0.4, 0.5) is 13.2 Å². The lowest BCUT2D eigenvalue weighted by molar-refractivity contribution is -0.139. The number of nitrogens with one attached hydrogen (secondary N) is 3. The van der Waals surface area contributed by atoms with Gasteiger partial charge in [-0.2, -0.15) is 18.2 Å². The van der Waals surface area contributed by atoms with E-state index in [9.17, 15) is 18.0 Å². The molecule has 1 amide bonds. The van der Waals surface area contributed by atoms with Crippen molar-refractivity contribution in [2.24, 2.45) is 0 Å². The van der Waals surface area contributed by atoms with E-state index in [0.717, 1.165) is 59.9 Å². The van der Waals surface area contributed by atoms with Crippen LogP contribution in [0, 0.1) is 0 Å². The molecule has 2 saturated heterocycles. The number of ether oxygens (including phenoxy) is 4. The van der Waals surface area contributed by atoms with E-state index in [-0.39, 0.29) is 29.9 Å². The topological polar surface area (TPSA) is 129 Å². The summed E-state index contributed by atoms with van der Waals surface area (Å²) >= 11 is 6.82. The lowest BCUT2D eigenvalue weighted by Gasteiger charge is -2.23. The Bertz CT molecular complexity index is 1990. The quantitative estimate of drug-likeness (QED) is 0.137. The summed E-state index contributed by atoms with van der Waals surface area (Å²) in [5.74, 6) is -0.0804. The van der Waals surface area contributed by atoms with E-state index in [1.807, 2.05) is 36.4 Å². The number of benzene rings is 1. The van der Waals surface area contributed by atoms with Crippen LogP contribution in [0.15, 0.2) is 48.7 Å². The van der Waals surface area contributed by atoms with Crippen molar-refractivity contribution in [2.75, 3.05) is 34.0 Å². The standard InChI is InChI=1S/C39H42ClF3N6O5/c1-51-36-24(20-46-25-11-14-53-15-12-25)17-31(40)35(48-36)22-10-13-45-32(18-22)28-4-3-5-29-27(28)7-8-33(29)54-38-30(39(41,42)43)16-23(37(49-38)52-2)19-44-21-26-6-9-34(50)47-26/h3-5,10,13,16-18,25-26,33,44,46H,6-9,11-12,14-15,19-21H2,1-2H3,(H,47,50)/t26-,33+/m0/s1. The Labute approximate surface area is 316 Å². The Hall–Kier alpha value is -4.50. The molecule has 7 rings (SSSR count). The predicted molar refractivity (Wildman–Crippen MR) is 195 cm³/mol. The molecule has 0 saturated carbocycles. The fourth-order valence-electron chi connectivity index (χ4n) is 7.34. The van der Waals surface area contributed by atoms with Crippen LogP contribution in [0.2, 0.25) is 5.02 Å². The van der Waals surface area contributed by atoms with Gasteiger partial charge in [-0.1, -0.05) is 29.8 Å². The first-order chi connectivity index (χ1) is 26.1. The van der Waals surface area contributed by atoms with Crippen LogP contribution >= 0.6 is 11.6 Å². The second kappa shape index (κ2) is 16.5. The number of hydrogen-bond donors (Lipinski definition) is 3. The summed E-state index contributed by atoms with van der Waals surface area (Å²) in [5, 5.41) is 9.97. The molecule has 0 bridgehead atoms.